The van der Waals surface area contributed by atoms with E-state index in [4.69, 9.17) is 4.74 Å². The van der Waals surface area contributed by atoms with Gasteiger partial charge in [0.15, 0.2) is 0 Å². The largest absolute Gasteiger partial charge is 0.460 e. The Kier molecular flexibility index (Phi) is 3.93. The second kappa shape index (κ2) is 4.78. The maximum atomic E-state index is 11.4. The monoisotopic (exact) mass is 199 g/mol. The Morgan fingerprint density at radius 3 is 2.71 bits per heavy atom. The van der Waals surface area contributed by atoms with Gasteiger partial charge >= 0.3 is 5.97 Å². The first-order chi connectivity index (χ1) is 6.47. The van der Waals surface area contributed by atoms with Crippen molar-refractivity contribution in [3.05, 3.63) is 0 Å². The van der Waals surface area contributed by atoms with E-state index in [9.17, 15) is 4.79 Å². The maximum Gasteiger partial charge on any atom is 0.306 e. The molecule has 3 nitrogen and oxygen atoms in total. The summed E-state index contributed by atoms with van der Waals surface area (Å²) in [6.07, 6.45) is 3.88. The third kappa shape index (κ3) is 4.61. The standard InChI is InChI=1S/C11H21NO2/c1-11(2,3)14-10(13)7-6-9-5-4-8-12-9/h9,12H,4-8H2,1-3H3. The predicted molar refractivity (Wildman–Crippen MR) is 56.1 cm³/mol. The van der Waals surface area contributed by atoms with Crippen LogP contribution in [-0.4, -0.2) is 24.2 Å². The smallest absolute Gasteiger partial charge is 0.306 e. The molecular formula is C11H21NO2. The molecule has 0 aromatic carbocycles. The van der Waals surface area contributed by atoms with Crippen LogP contribution in [0, 0.1) is 0 Å². The number of carbonyl (C=O) groups is 1. The molecule has 1 aliphatic rings. The van der Waals surface area contributed by atoms with Crippen LogP contribution in [0.5, 0.6) is 0 Å². The average Bonchev–Trinajstić information content (AvgIpc) is 2.49. The molecular weight excluding hydrogens is 178 g/mol. The molecule has 0 radical (unpaired) electrons. The topological polar surface area (TPSA) is 38.3 Å². The van der Waals surface area contributed by atoms with Crippen molar-refractivity contribution >= 4 is 5.97 Å². The van der Waals surface area contributed by atoms with E-state index < -0.39 is 0 Å². The molecule has 0 spiro atoms. The molecule has 1 rings (SSSR count). The molecule has 1 atom stereocenters. The van der Waals surface area contributed by atoms with Crippen molar-refractivity contribution in [1.82, 2.24) is 5.32 Å². The summed E-state index contributed by atoms with van der Waals surface area (Å²) in [5.74, 6) is -0.0776. The molecule has 1 N–H and O–H groups in total. The third-order valence-electron chi connectivity index (χ3n) is 2.28. The van der Waals surface area contributed by atoms with E-state index >= 15 is 0 Å². The second-order valence-electron chi connectivity index (χ2n) is 4.92. The Morgan fingerprint density at radius 2 is 2.21 bits per heavy atom. The van der Waals surface area contributed by atoms with Crippen LogP contribution in [0.1, 0.15) is 46.5 Å². The van der Waals surface area contributed by atoms with Gasteiger partial charge in [-0.2, -0.15) is 0 Å². The van der Waals surface area contributed by atoms with Gasteiger partial charge < -0.3 is 10.1 Å². The Bertz CT molecular complexity index is 190. The molecule has 0 aliphatic carbocycles. The van der Waals surface area contributed by atoms with E-state index in [1.165, 1.54) is 12.8 Å². The first-order valence-electron chi connectivity index (χ1n) is 5.42. The summed E-state index contributed by atoms with van der Waals surface area (Å²) in [5.41, 5.74) is -0.347. The minimum Gasteiger partial charge on any atom is -0.460 e. The van der Waals surface area contributed by atoms with Gasteiger partial charge in [-0.25, -0.2) is 0 Å². The van der Waals surface area contributed by atoms with Crippen LogP contribution in [0.4, 0.5) is 0 Å². The van der Waals surface area contributed by atoms with Crippen LogP contribution in [0.15, 0.2) is 0 Å². The lowest BCUT2D eigenvalue weighted by atomic mass is 10.1. The van der Waals surface area contributed by atoms with E-state index in [1.807, 2.05) is 20.8 Å². The second-order valence-corrected chi connectivity index (χ2v) is 4.92. The first-order valence-corrected chi connectivity index (χ1v) is 5.42. The number of ether oxygens (including phenoxy) is 1. The molecule has 0 saturated carbocycles. The molecule has 82 valence electrons. The molecule has 0 aromatic rings. The van der Waals surface area contributed by atoms with Crippen LogP contribution in [-0.2, 0) is 9.53 Å². The van der Waals surface area contributed by atoms with Gasteiger partial charge in [0.25, 0.3) is 0 Å². The lowest BCUT2D eigenvalue weighted by molar-refractivity contribution is -0.155. The highest BCUT2D eigenvalue weighted by molar-refractivity contribution is 5.69. The van der Waals surface area contributed by atoms with Gasteiger partial charge in [-0.15, -0.1) is 0 Å². The lowest BCUT2D eigenvalue weighted by Crippen LogP contribution is -2.26. The molecule has 3 heteroatoms. The molecule has 0 amide bonds. The molecule has 1 heterocycles. The fourth-order valence-electron chi connectivity index (χ4n) is 1.69. The van der Waals surface area contributed by atoms with Gasteiger partial charge in [-0.3, -0.25) is 4.79 Å². The van der Waals surface area contributed by atoms with Gasteiger partial charge in [0.1, 0.15) is 5.60 Å². The number of nitrogens with one attached hydrogen (secondary N) is 1. The fourth-order valence-corrected chi connectivity index (χ4v) is 1.69. The summed E-state index contributed by atoms with van der Waals surface area (Å²) >= 11 is 0. The van der Waals surface area contributed by atoms with Crippen molar-refractivity contribution in [2.24, 2.45) is 0 Å². The van der Waals surface area contributed by atoms with Gasteiger partial charge in [-0.05, 0) is 46.6 Å². The number of hydrogen-bond donors (Lipinski definition) is 1. The summed E-state index contributed by atoms with van der Waals surface area (Å²) in [5, 5.41) is 3.37. The predicted octanol–water partition coefficient (Wildman–Crippen LogP) is 1.86. The normalized spacial score (nSPS) is 22.4. The molecule has 0 bridgehead atoms. The van der Waals surface area contributed by atoms with Crippen molar-refractivity contribution in [3.63, 3.8) is 0 Å². The minimum atomic E-state index is -0.347. The van der Waals surface area contributed by atoms with Gasteiger partial charge in [0, 0.05) is 12.5 Å². The Balaban J connectivity index is 2.14. The molecule has 14 heavy (non-hydrogen) atoms. The maximum absolute atomic E-state index is 11.4. The van der Waals surface area contributed by atoms with Crippen molar-refractivity contribution in [2.45, 2.75) is 58.1 Å². The lowest BCUT2D eigenvalue weighted by Gasteiger charge is -2.20. The summed E-state index contributed by atoms with van der Waals surface area (Å²) in [6, 6.07) is 0.530. The fraction of sp³-hybridized carbons (Fsp3) is 0.909. The Morgan fingerprint density at radius 1 is 1.50 bits per heavy atom. The van der Waals surface area contributed by atoms with Crippen molar-refractivity contribution in [2.75, 3.05) is 6.54 Å². The zero-order chi connectivity index (χ0) is 10.6. The van der Waals surface area contributed by atoms with E-state index in [0.29, 0.717) is 12.5 Å². The van der Waals surface area contributed by atoms with Gasteiger partial charge in [0.05, 0.1) is 0 Å². The van der Waals surface area contributed by atoms with Crippen molar-refractivity contribution in [3.8, 4) is 0 Å². The van der Waals surface area contributed by atoms with E-state index in [2.05, 4.69) is 5.32 Å². The molecule has 1 saturated heterocycles. The number of esters is 1. The van der Waals surface area contributed by atoms with Crippen LogP contribution in [0.3, 0.4) is 0 Å². The summed E-state index contributed by atoms with van der Waals surface area (Å²) < 4.78 is 5.23. The molecule has 1 fully saturated rings. The number of carbonyl (C=O) groups excluding carboxylic acids is 1. The van der Waals surface area contributed by atoms with Crippen LogP contribution >= 0.6 is 0 Å². The summed E-state index contributed by atoms with van der Waals surface area (Å²) in [7, 11) is 0. The average molecular weight is 199 g/mol. The summed E-state index contributed by atoms with van der Waals surface area (Å²) in [6.45, 7) is 6.80. The van der Waals surface area contributed by atoms with E-state index in [1.54, 1.807) is 0 Å². The Labute approximate surface area is 86.2 Å². The van der Waals surface area contributed by atoms with Gasteiger partial charge in [0.2, 0.25) is 0 Å². The van der Waals surface area contributed by atoms with Gasteiger partial charge in [-0.1, -0.05) is 0 Å². The number of rotatable bonds is 3. The number of hydrogen-bond acceptors (Lipinski definition) is 3. The SMILES string of the molecule is CC(C)(C)OC(=O)CCC1CCCN1. The quantitative estimate of drug-likeness (QED) is 0.705. The Hall–Kier alpha value is -0.570. The third-order valence-corrected chi connectivity index (χ3v) is 2.28. The first kappa shape index (κ1) is 11.5. The van der Waals surface area contributed by atoms with Crippen LogP contribution in [0.2, 0.25) is 0 Å². The van der Waals surface area contributed by atoms with E-state index in [0.717, 1.165) is 13.0 Å². The minimum absolute atomic E-state index is 0.0776. The summed E-state index contributed by atoms with van der Waals surface area (Å²) in [4.78, 5) is 11.4. The highest BCUT2D eigenvalue weighted by atomic mass is 16.6. The van der Waals surface area contributed by atoms with Crippen molar-refractivity contribution in [1.29, 1.82) is 0 Å². The van der Waals surface area contributed by atoms with Crippen LogP contribution < -0.4 is 5.32 Å². The zero-order valence-electron chi connectivity index (χ0n) is 9.43. The zero-order valence-corrected chi connectivity index (χ0v) is 9.43. The van der Waals surface area contributed by atoms with Crippen molar-refractivity contribution < 1.29 is 9.53 Å². The molecule has 1 aliphatic heterocycles. The molecule has 0 aromatic heterocycles. The van der Waals surface area contributed by atoms with Crippen LogP contribution in [0.25, 0.3) is 0 Å². The van der Waals surface area contributed by atoms with E-state index in [-0.39, 0.29) is 11.6 Å². The highest BCUT2D eigenvalue weighted by Crippen LogP contribution is 2.13. The highest BCUT2D eigenvalue weighted by Gasteiger charge is 2.19. The molecule has 1 unspecified atom stereocenters.